The first-order valence-electron chi connectivity index (χ1n) is 3.81. The first-order valence-corrected chi connectivity index (χ1v) is 3.81. The molecular formula is C8H9N3O. The minimum absolute atomic E-state index is 0.145. The lowest BCUT2D eigenvalue weighted by molar-refractivity contribution is 0.300. The van der Waals surface area contributed by atoms with Crippen LogP contribution in [0, 0.1) is 0 Å². The minimum Gasteiger partial charge on any atom is -0.396 e. The molecule has 1 aromatic carbocycles. The van der Waals surface area contributed by atoms with E-state index in [1.54, 1.807) is 0 Å². The summed E-state index contributed by atoms with van der Waals surface area (Å²) < 4.78 is 0. The molecule has 0 aliphatic heterocycles. The molecule has 0 aliphatic rings. The third kappa shape index (κ3) is 1.06. The lowest BCUT2D eigenvalue weighted by atomic mass is 10.1. The van der Waals surface area contributed by atoms with Gasteiger partial charge in [-0.2, -0.15) is 0 Å². The smallest absolute Gasteiger partial charge is 0.116 e. The number of fused-ring (bicyclic) bond motifs is 1. The van der Waals surface area contributed by atoms with Crippen LogP contribution in [0.4, 0.5) is 0 Å². The maximum Gasteiger partial charge on any atom is 0.116 e. The quantitative estimate of drug-likeness (QED) is 0.677. The SMILES string of the molecule is OCCc1cccc2[nH]nnc12. The molecule has 0 saturated carbocycles. The Morgan fingerprint density at radius 1 is 1.42 bits per heavy atom. The van der Waals surface area contributed by atoms with Gasteiger partial charge in [0.05, 0.1) is 5.52 Å². The summed E-state index contributed by atoms with van der Waals surface area (Å²) in [5.74, 6) is 0. The Bertz CT molecular complexity index is 382. The number of H-pyrrole nitrogens is 1. The average Bonchev–Trinajstić information content (AvgIpc) is 2.53. The van der Waals surface area contributed by atoms with Gasteiger partial charge >= 0.3 is 0 Å². The monoisotopic (exact) mass is 163 g/mol. The van der Waals surface area contributed by atoms with E-state index in [0.717, 1.165) is 16.6 Å². The van der Waals surface area contributed by atoms with Gasteiger partial charge in [0.15, 0.2) is 0 Å². The Balaban J connectivity index is 2.57. The van der Waals surface area contributed by atoms with Gasteiger partial charge in [0.1, 0.15) is 5.52 Å². The van der Waals surface area contributed by atoms with Crippen LogP contribution in [-0.2, 0) is 6.42 Å². The number of rotatable bonds is 2. The van der Waals surface area contributed by atoms with Crippen LogP contribution in [0.2, 0.25) is 0 Å². The molecule has 0 unspecified atom stereocenters. The Kier molecular flexibility index (Phi) is 1.75. The largest absolute Gasteiger partial charge is 0.396 e. The molecule has 2 aromatic rings. The van der Waals surface area contributed by atoms with E-state index < -0.39 is 0 Å². The predicted molar refractivity (Wildman–Crippen MR) is 44.7 cm³/mol. The van der Waals surface area contributed by atoms with E-state index in [-0.39, 0.29) is 6.61 Å². The second kappa shape index (κ2) is 2.91. The van der Waals surface area contributed by atoms with Crippen LogP contribution in [-0.4, -0.2) is 27.1 Å². The summed E-state index contributed by atoms with van der Waals surface area (Å²) in [6.45, 7) is 0.145. The molecule has 0 bridgehead atoms. The highest BCUT2D eigenvalue weighted by Gasteiger charge is 2.02. The van der Waals surface area contributed by atoms with Gasteiger partial charge in [-0.05, 0) is 18.1 Å². The van der Waals surface area contributed by atoms with Gasteiger partial charge in [-0.15, -0.1) is 5.10 Å². The summed E-state index contributed by atoms with van der Waals surface area (Å²) in [7, 11) is 0. The summed E-state index contributed by atoms with van der Waals surface area (Å²) in [6.07, 6.45) is 0.629. The fraction of sp³-hybridized carbons (Fsp3) is 0.250. The van der Waals surface area contributed by atoms with Gasteiger partial charge in [0.2, 0.25) is 0 Å². The van der Waals surface area contributed by atoms with E-state index in [2.05, 4.69) is 15.4 Å². The van der Waals surface area contributed by atoms with Crippen molar-refractivity contribution >= 4 is 11.0 Å². The van der Waals surface area contributed by atoms with E-state index in [9.17, 15) is 0 Å². The number of aliphatic hydroxyl groups is 1. The molecule has 0 amide bonds. The third-order valence-corrected chi connectivity index (χ3v) is 1.82. The van der Waals surface area contributed by atoms with Gasteiger partial charge in [0.25, 0.3) is 0 Å². The topological polar surface area (TPSA) is 61.8 Å². The van der Waals surface area contributed by atoms with Gasteiger partial charge in [-0.1, -0.05) is 17.3 Å². The standard InChI is InChI=1S/C8H9N3O/c12-5-4-6-2-1-3-7-8(6)10-11-9-7/h1-3,12H,4-5H2,(H,9,10,11). The van der Waals surface area contributed by atoms with Crippen LogP contribution >= 0.6 is 0 Å². The Hall–Kier alpha value is -1.42. The molecule has 4 nitrogen and oxygen atoms in total. The normalized spacial score (nSPS) is 10.8. The lowest BCUT2D eigenvalue weighted by Crippen LogP contribution is -1.91. The van der Waals surface area contributed by atoms with Crippen LogP contribution in [0.15, 0.2) is 18.2 Å². The fourth-order valence-corrected chi connectivity index (χ4v) is 1.25. The number of aromatic nitrogens is 3. The molecule has 2 N–H and O–H groups in total. The molecule has 1 heterocycles. The fourth-order valence-electron chi connectivity index (χ4n) is 1.25. The zero-order chi connectivity index (χ0) is 8.39. The van der Waals surface area contributed by atoms with E-state index >= 15 is 0 Å². The van der Waals surface area contributed by atoms with Crippen LogP contribution in [0.5, 0.6) is 0 Å². The van der Waals surface area contributed by atoms with Gasteiger partial charge in [0, 0.05) is 6.61 Å². The van der Waals surface area contributed by atoms with Crippen molar-refractivity contribution in [2.75, 3.05) is 6.61 Å². The number of hydrogen-bond donors (Lipinski definition) is 2. The van der Waals surface area contributed by atoms with Crippen molar-refractivity contribution in [3.63, 3.8) is 0 Å². The lowest BCUT2D eigenvalue weighted by Gasteiger charge is -1.96. The molecule has 62 valence electrons. The summed E-state index contributed by atoms with van der Waals surface area (Å²) in [5, 5.41) is 19.1. The summed E-state index contributed by atoms with van der Waals surface area (Å²) in [6, 6.07) is 5.78. The molecule has 0 aliphatic carbocycles. The van der Waals surface area contributed by atoms with Crippen molar-refractivity contribution in [2.45, 2.75) is 6.42 Å². The molecule has 0 saturated heterocycles. The third-order valence-electron chi connectivity index (χ3n) is 1.82. The summed E-state index contributed by atoms with van der Waals surface area (Å²) in [4.78, 5) is 0. The number of nitrogens with one attached hydrogen (secondary N) is 1. The number of benzene rings is 1. The molecular weight excluding hydrogens is 154 g/mol. The molecule has 0 fully saturated rings. The first-order chi connectivity index (χ1) is 5.92. The van der Waals surface area contributed by atoms with E-state index in [4.69, 9.17) is 5.11 Å². The first kappa shape index (κ1) is 7.24. The highest BCUT2D eigenvalue weighted by Crippen LogP contribution is 2.13. The van der Waals surface area contributed by atoms with Crippen LogP contribution in [0.3, 0.4) is 0 Å². The van der Waals surface area contributed by atoms with Crippen molar-refractivity contribution in [3.05, 3.63) is 23.8 Å². The Labute approximate surface area is 69.2 Å². The Morgan fingerprint density at radius 2 is 2.33 bits per heavy atom. The van der Waals surface area contributed by atoms with Crippen LogP contribution in [0.25, 0.3) is 11.0 Å². The predicted octanol–water partition coefficient (Wildman–Crippen LogP) is 0.493. The maximum atomic E-state index is 8.76. The number of nitrogens with zero attached hydrogens (tertiary/aromatic N) is 2. The van der Waals surface area contributed by atoms with Crippen molar-refractivity contribution in [1.29, 1.82) is 0 Å². The molecule has 4 heteroatoms. The molecule has 1 aromatic heterocycles. The maximum absolute atomic E-state index is 8.76. The van der Waals surface area contributed by atoms with Crippen molar-refractivity contribution < 1.29 is 5.11 Å². The summed E-state index contributed by atoms with van der Waals surface area (Å²) >= 11 is 0. The highest BCUT2D eigenvalue weighted by molar-refractivity contribution is 5.77. The van der Waals surface area contributed by atoms with Crippen molar-refractivity contribution in [1.82, 2.24) is 15.4 Å². The molecule has 12 heavy (non-hydrogen) atoms. The zero-order valence-electron chi connectivity index (χ0n) is 6.49. The minimum atomic E-state index is 0.145. The van der Waals surface area contributed by atoms with Gasteiger partial charge in [-0.3, -0.25) is 5.10 Å². The number of aliphatic hydroxyl groups excluding tert-OH is 1. The van der Waals surface area contributed by atoms with Crippen molar-refractivity contribution in [3.8, 4) is 0 Å². The second-order valence-electron chi connectivity index (χ2n) is 2.60. The molecule has 0 radical (unpaired) electrons. The Morgan fingerprint density at radius 3 is 3.17 bits per heavy atom. The van der Waals surface area contributed by atoms with Crippen LogP contribution in [0.1, 0.15) is 5.56 Å². The van der Waals surface area contributed by atoms with E-state index in [1.165, 1.54) is 0 Å². The van der Waals surface area contributed by atoms with Gasteiger partial charge in [-0.25, -0.2) is 0 Å². The number of hydrogen-bond acceptors (Lipinski definition) is 3. The number of aromatic amines is 1. The highest BCUT2D eigenvalue weighted by atomic mass is 16.2. The van der Waals surface area contributed by atoms with Crippen LogP contribution < -0.4 is 0 Å². The average molecular weight is 163 g/mol. The van der Waals surface area contributed by atoms with Gasteiger partial charge < -0.3 is 5.11 Å². The molecule has 2 rings (SSSR count). The second-order valence-corrected chi connectivity index (χ2v) is 2.60. The van der Waals surface area contributed by atoms with E-state index in [0.29, 0.717) is 6.42 Å². The van der Waals surface area contributed by atoms with Crippen molar-refractivity contribution in [2.24, 2.45) is 0 Å². The zero-order valence-corrected chi connectivity index (χ0v) is 6.49. The molecule has 0 spiro atoms. The van der Waals surface area contributed by atoms with E-state index in [1.807, 2.05) is 18.2 Å². The summed E-state index contributed by atoms with van der Waals surface area (Å²) in [5.41, 5.74) is 2.80. The molecule has 0 atom stereocenters.